The van der Waals surface area contributed by atoms with Gasteiger partial charge in [-0.25, -0.2) is 0 Å². The van der Waals surface area contributed by atoms with Gasteiger partial charge in [-0.3, -0.25) is 0 Å². The molecule has 0 aliphatic heterocycles. The lowest BCUT2D eigenvalue weighted by molar-refractivity contribution is -0.105. The zero-order valence-corrected chi connectivity index (χ0v) is 17.9. The molecule has 0 bridgehead atoms. The molecule has 2 heteroatoms. The minimum Gasteiger partial charge on any atom is -0.314 e. The highest BCUT2D eigenvalue weighted by Crippen LogP contribution is 2.15. The molecule has 0 rings (SSSR count). The number of nitrogens with zero attached hydrogens (tertiary/aromatic N) is 1. The van der Waals surface area contributed by atoms with Crippen molar-refractivity contribution in [2.24, 2.45) is 0 Å². The van der Waals surface area contributed by atoms with Crippen molar-refractivity contribution in [3.05, 3.63) is 0 Å². The normalized spacial score (nSPS) is 12.8. The van der Waals surface area contributed by atoms with E-state index < -0.39 is 0 Å². The Kier molecular flexibility index (Phi) is 20.2. The molecule has 0 radical (unpaired) electrons. The molecule has 0 aromatic rings. The van der Waals surface area contributed by atoms with Crippen LogP contribution in [0, 0.1) is 0 Å². The van der Waals surface area contributed by atoms with Crippen LogP contribution in [-0.2, 0) is 0 Å². The maximum atomic E-state index is 9.48. The monoisotopic (exact) mass is 355 g/mol. The van der Waals surface area contributed by atoms with Crippen LogP contribution in [0.1, 0.15) is 136 Å². The Bertz CT molecular complexity index is 242. The molecule has 0 aliphatic rings. The maximum Gasteiger partial charge on any atom is 0.0344 e. The predicted octanol–water partition coefficient (Wildman–Crippen LogP) is 8.13. The van der Waals surface area contributed by atoms with E-state index in [4.69, 9.17) is 0 Å². The largest absolute Gasteiger partial charge is 0.314 e. The van der Waals surface area contributed by atoms with Crippen molar-refractivity contribution in [1.29, 1.82) is 0 Å². The van der Waals surface area contributed by atoms with E-state index >= 15 is 0 Å². The van der Waals surface area contributed by atoms with E-state index in [0.717, 1.165) is 12.8 Å². The quantitative estimate of drug-likeness (QED) is 0.176. The molecule has 152 valence electrons. The maximum absolute atomic E-state index is 9.48. The van der Waals surface area contributed by atoms with Crippen LogP contribution in [0.4, 0.5) is 0 Å². The SMILES string of the molecule is CCCCCCCCCCCCCCCCCCCC(CC)N(C)O. The summed E-state index contributed by atoms with van der Waals surface area (Å²) in [6.45, 7) is 4.45. The fraction of sp³-hybridized carbons (Fsp3) is 1.00. The van der Waals surface area contributed by atoms with E-state index in [1.807, 2.05) is 0 Å². The number of unbranched alkanes of at least 4 members (excludes halogenated alkanes) is 16. The number of hydroxylamine groups is 2. The summed E-state index contributed by atoms with van der Waals surface area (Å²) in [6.07, 6.45) is 26.4. The van der Waals surface area contributed by atoms with E-state index in [1.165, 1.54) is 114 Å². The molecule has 0 amide bonds. The van der Waals surface area contributed by atoms with Crippen LogP contribution in [0.3, 0.4) is 0 Å². The minimum atomic E-state index is 0.358. The van der Waals surface area contributed by atoms with Gasteiger partial charge in [0, 0.05) is 13.1 Å². The second-order valence-electron chi connectivity index (χ2n) is 8.08. The lowest BCUT2D eigenvalue weighted by atomic mass is 10.0. The first kappa shape index (κ1) is 24.9. The third-order valence-electron chi connectivity index (χ3n) is 5.64. The van der Waals surface area contributed by atoms with E-state index in [2.05, 4.69) is 13.8 Å². The van der Waals surface area contributed by atoms with E-state index in [0.29, 0.717) is 6.04 Å². The van der Waals surface area contributed by atoms with Gasteiger partial charge >= 0.3 is 0 Å². The van der Waals surface area contributed by atoms with Crippen molar-refractivity contribution >= 4 is 0 Å². The van der Waals surface area contributed by atoms with Gasteiger partial charge in [0.1, 0.15) is 0 Å². The summed E-state index contributed by atoms with van der Waals surface area (Å²) in [5.74, 6) is 0. The van der Waals surface area contributed by atoms with E-state index in [-0.39, 0.29) is 0 Å². The van der Waals surface area contributed by atoms with Crippen LogP contribution >= 0.6 is 0 Å². The van der Waals surface area contributed by atoms with Crippen LogP contribution in [0.5, 0.6) is 0 Å². The van der Waals surface area contributed by atoms with Gasteiger partial charge in [-0.15, -0.1) is 0 Å². The van der Waals surface area contributed by atoms with Crippen molar-refractivity contribution in [3.8, 4) is 0 Å². The minimum absolute atomic E-state index is 0.358. The van der Waals surface area contributed by atoms with Crippen molar-refractivity contribution in [3.63, 3.8) is 0 Å². The van der Waals surface area contributed by atoms with Crippen molar-refractivity contribution in [2.45, 2.75) is 142 Å². The van der Waals surface area contributed by atoms with Gasteiger partial charge < -0.3 is 5.21 Å². The van der Waals surface area contributed by atoms with Gasteiger partial charge in [-0.05, 0) is 12.8 Å². The summed E-state index contributed by atoms with van der Waals surface area (Å²) < 4.78 is 0. The summed E-state index contributed by atoms with van der Waals surface area (Å²) in [5.41, 5.74) is 0. The van der Waals surface area contributed by atoms with Crippen molar-refractivity contribution < 1.29 is 5.21 Å². The summed E-state index contributed by atoms with van der Waals surface area (Å²) in [4.78, 5) is 0. The third-order valence-corrected chi connectivity index (χ3v) is 5.64. The zero-order chi connectivity index (χ0) is 18.6. The van der Waals surface area contributed by atoms with Gasteiger partial charge in [0.15, 0.2) is 0 Å². The van der Waals surface area contributed by atoms with Crippen LogP contribution in [-0.4, -0.2) is 23.4 Å². The first-order chi connectivity index (χ1) is 12.2. The third kappa shape index (κ3) is 18.5. The molecule has 0 aromatic heterocycles. The molecule has 0 saturated carbocycles. The molecule has 0 saturated heterocycles. The molecular weight excluding hydrogens is 306 g/mol. The van der Waals surface area contributed by atoms with Crippen LogP contribution in [0.15, 0.2) is 0 Å². The molecular formula is C23H49NO. The number of rotatable bonds is 20. The molecule has 25 heavy (non-hydrogen) atoms. The molecule has 0 aliphatic carbocycles. The van der Waals surface area contributed by atoms with E-state index in [1.54, 1.807) is 7.05 Å². The lowest BCUT2D eigenvalue weighted by Crippen LogP contribution is -2.27. The molecule has 1 atom stereocenters. The fourth-order valence-corrected chi connectivity index (χ4v) is 3.76. The topological polar surface area (TPSA) is 23.5 Å². The summed E-state index contributed by atoms with van der Waals surface area (Å²) >= 11 is 0. The standard InChI is InChI=1S/C23H49NO/c1-4-6-7-8-9-10-11-12-13-14-15-16-17-18-19-20-21-22-23(5-2)24(3)25/h23,25H,4-22H2,1-3H3. The summed E-state index contributed by atoms with van der Waals surface area (Å²) in [7, 11) is 1.78. The molecule has 0 fully saturated rings. The average Bonchev–Trinajstić information content (AvgIpc) is 2.60. The lowest BCUT2D eigenvalue weighted by Gasteiger charge is -2.20. The summed E-state index contributed by atoms with van der Waals surface area (Å²) in [6, 6.07) is 0.358. The Balaban J connectivity index is 3.09. The van der Waals surface area contributed by atoms with E-state index in [9.17, 15) is 5.21 Å². The highest BCUT2D eigenvalue weighted by atomic mass is 16.5. The Morgan fingerprint density at radius 1 is 0.560 bits per heavy atom. The Morgan fingerprint density at radius 3 is 1.16 bits per heavy atom. The predicted molar refractivity (Wildman–Crippen MR) is 112 cm³/mol. The van der Waals surface area contributed by atoms with Crippen molar-refractivity contribution in [1.82, 2.24) is 5.06 Å². The highest BCUT2D eigenvalue weighted by molar-refractivity contribution is 4.61. The van der Waals surface area contributed by atoms with Gasteiger partial charge in [0.25, 0.3) is 0 Å². The Hall–Kier alpha value is -0.0800. The van der Waals surface area contributed by atoms with Crippen LogP contribution < -0.4 is 0 Å². The first-order valence-electron chi connectivity index (χ1n) is 11.6. The van der Waals surface area contributed by atoms with Crippen molar-refractivity contribution in [2.75, 3.05) is 7.05 Å². The number of hydrogen-bond donors (Lipinski definition) is 1. The smallest absolute Gasteiger partial charge is 0.0344 e. The summed E-state index contributed by atoms with van der Waals surface area (Å²) in [5, 5.41) is 10.9. The van der Waals surface area contributed by atoms with Gasteiger partial charge in [-0.2, -0.15) is 5.06 Å². The molecule has 2 nitrogen and oxygen atoms in total. The van der Waals surface area contributed by atoms with Gasteiger partial charge in [0.05, 0.1) is 0 Å². The molecule has 0 aromatic carbocycles. The molecule has 1 unspecified atom stereocenters. The molecule has 0 heterocycles. The Labute approximate surface area is 159 Å². The van der Waals surface area contributed by atoms with Gasteiger partial charge in [-0.1, -0.05) is 123 Å². The zero-order valence-electron chi connectivity index (χ0n) is 17.9. The fourth-order valence-electron chi connectivity index (χ4n) is 3.76. The Morgan fingerprint density at radius 2 is 0.880 bits per heavy atom. The van der Waals surface area contributed by atoms with Gasteiger partial charge in [0.2, 0.25) is 0 Å². The molecule has 0 spiro atoms. The van der Waals surface area contributed by atoms with Crippen LogP contribution in [0.25, 0.3) is 0 Å². The average molecular weight is 356 g/mol. The van der Waals surface area contributed by atoms with Crippen LogP contribution in [0.2, 0.25) is 0 Å². The highest BCUT2D eigenvalue weighted by Gasteiger charge is 2.09. The second-order valence-corrected chi connectivity index (χ2v) is 8.08. The number of hydrogen-bond acceptors (Lipinski definition) is 2. The molecule has 1 N–H and O–H groups in total. The second kappa shape index (κ2) is 20.2. The first-order valence-corrected chi connectivity index (χ1v) is 11.6.